The molecule has 2 N–H and O–H groups in total. The van der Waals surface area contributed by atoms with Gasteiger partial charge in [-0.05, 0) is 35.9 Å². The lowest BCUT2D eigenvalue weighted by atomic mass is 10.1. The molecule has 3 aromatic rings. The Balaban J connectivity index is 1.79. The second kappa shape index (κ2) is 8.62. The molecule has 1 heterocycles. The van der Waals surface area contributed by atoms with Crippen molar-refractivity contribution in [2.75, 3.05) is 32.1 Å². The van der Waals surface area contributed by atoms with Crippen LogP contribution in [0.1, 0.15) is 0 Å². The van der Waals surface area contributed by atoms with Crippen molar-refractivity contribution < 1.29 is 9.13 Å². The van der Waals surface area contributed by atoms with Crippen molar-refractivity contribution in [3.63, 3.8) is 0 Å². The van der Waals surface area contributed by atoms with Crippen LogP contribution in [0.25, 0.3) is 16.8 Å². The first-order valence-electron chi connectivity index (χ1n) is 8.76. The Morgan fingerprint density at radius 2 is 2.00 bits per heavy atom. The fourth-order valence-electron chi connectivity index (χ4n) is 2.92. The average Bonchev–Trinajstić information content (AvgIpc) is 3.18. The molecule has 0 spiro atoms. The lowest BCUT2D eigenvalue weighted by Gasteiger charge is -2.22. The topological polar surface area (TPSA) is 85.7 Å². The van der Waals surface area contributed by atoms with E-state index in [1.165, 1.54) is 10.7 Å². The van der Waals surface area contributed by atoms with Gasteiger partial charge in [-0.1, -0.05) is 17.3 Å². The minimum absolute atomic E-state index is 0.0202. The molecule has 0 saturated heterocycles. The summed E-state index contributed by atoms with van der Waals surface area (Å²) in [6, 6.07) is 12.0. The number of rotatable bonds is 8. The number of nitroso groups, excluding NO2 is 1. The number of aromatic nitrogens is 2. The van der Waals surface area contributed by atoms with Gasteiger partial charge in [0.1, 0.15) is 11.4 Å². The maximum Gasteiger partial charge on any atom is 0.150 e. The highest BCUT2D eigenvalue weighted by Gasteiger charge is 2.13. The molecule has 0 bridgehead atoms. The molecule has 0 aliphatic heterocycles. The third-order valence-corrected chi connectivity index (χ3v) is 4.44. The van der Waals surface area contributed by atoms with Gasteiger partial charge in [0.25, 0.3) is 0 Å². The Hall–Kier alpha value is -3.26. The first kappa shape index (κ1) is 19.5. The molecule has 8 heteroatoms. The highest BCUT2D eigenvalue weighted by molar-refractivity contribution is 5.63. The predicted octanol–water partition coefficient (Wildman–Crippen LogP) is 3.22. The van der Waals surface area contributed by atoms with Gasteiger partial charge in [0.15, 0.2) is 5.82 Å². The summed E-state index contributed by atoms with van der Waals surface area (Å²) in [6.07, 6.45) is 3.46. The molecule has 0 radical (unpaired) electrons. The van der Waals surface area contributed by atoms with Crippen molar-refractivity contribution in [3.05, 3.63) is 65.6 Å². The molecular formula is C20H22FN5O2. The van der Waals surface area contributed by atoms with Gasteiger partial charge in [0, 0.05) is 37.1 Å². The van der Waals surface area contributed by atoms with E-state index >= 15 is 0 Å². The molecule has 2 aromatic carbocycles. The van der Waals surface area contributed by atoms with E-state index in [0.29, 0.717) is 17.9 Å². The smallest absolute Gasteiger partial charge is 0.150 e. The zero-order valence-electron chi connectivity index (χ0n) is 15.7. The maximum atomic E-state index is 14.7. The fraction of sp³-hybridized carbons (Fsp3) is 0.250. The summed E-state index contributed by atoms with van der Waals surface area (Å²) < 4.78 is 21.3. The van der Waals surface area contributed by atoms with Crippen molar-refractivity contribution >= 4 is 5.69 Å². The number of nitrogens with zero attached hydrogens (tertiary/aromatic N) is 4. The Morgan fingerprint density at radius 3 is 2.64 bits per heavy atom. The maximum absolute atomic E-state index is 14.7. The van der Waals surface area contributed by atoms with Crippen LogP contribution in [0, 0.1) is 10.7 Å². The summed E-state index contributed by atoms with van der Waals surface area (Å²) in [4.78, 5) is 12.1. The summed E-state index contributed by atoms with van der Waals surface area (Å²) in [6.45, 7) is 0.417. The van der Waals surface area contributed by atoms with Gasteiger partial charge in [0.05, 0.1) is 19.9 Å². The predicted molar refractivity (Wildman–Crippen MR) is 107 cm³/mol. The SMILES string of the molecule is COc1ccc(-c2cnn(-c3ccc(N(C)CC(N)CN=O)cc3F)c2)cc1. The van der Waals surface area contributed by atoms with Gasteiger partial charge in [-0.25, -0.2) is 9.07 Å². The largest absolute Gasteiger partial charge is 0.497 e. The summed E-state index contributed by atoms with van der Waals surface area (Å²) >= 11 is 0. The van der Waals surface area contributed by atoms with Crippen LogP contribution in [0.2, 0.25) is 0 Å². The van der Waals surface area contributed by atoms with E-state index in [4.69, 9.17) is 10.5 Å². The van der Waals surface area contributed by atoms with Gasteiger partial charge in [-0.15, -0.1) is 0 Å². The van der Waals surface area contributed by atoms with Crippen LogP contribution in [-0.4, -0.2) is 43.1 Å². The first-order chi connectivity index (χ1) is 13.5. The van der Waals surface area contributed by atoms with E-state index < -0.39 is 11.9 Å². The van der Waals surface area contributed by atoms with Gasteiger partial charge in [-0.3, -0.25) is 0 Å². The van der Waals surface area contributed by atoms with Crippen molar-refractivity contribution in [1.82, 2.24) is 9.78 Å². The number of hydrogen-bond acceptors (Lipinski definition) is 6. The van der Waals surface area contributed by atoms with Crippen molar-refractivity contribution in [1.29, 1.82) is 0 Å². The quantitative estimate of drug-likeness (QED) is 0.604. The molecule has 7 nitrogen and oxygen atoms in total. The second-order valence-electron chi connectivity index (χ2n) is 6.49. The summed E-state index contributed by atoms with van der Waals surface area (Å²) in [5, 5.41) is 7.07. The number of hydrogen-bond donors (Lipinski definition) is 1. The molecule has 1 aromatic heterocycles. The van der Waals surface area contributed by atoms with E-state index in [-0.39, 0.29) is 6.54 Å². The molecule has 0 aliphatic carbocycles. The zero-order valence-corrected chi connectivity index (χ0v) is 15.7. The van der Waals surface area contributed by atoms with E-state index in [9.17, 15) is 9.30 Å². The molecule has 146 valence electrons. The molecular weight excluding hydrogens is 361 g/mol. The van der Waals surface area contributed by atoms with Crippen LogP contribution in [0.5, 0.6) is 5.75 Å². The van der Waals surface area contributed by atoms with Crippen molar-refractivity contribution in [2.45, 2.75) is 6.04 Å². The normalized spacial score (nSPS) is 11.9. The Kier molecular flexibility index (Phi) is 6.00. The molecule has 1 unspecified atom stereocenters. The van der Waals surface area contributed by atoms with Gasteiger partial charge >= 0.3 is 0 Å². The molecule has 0 amide bonds. The molecule has 28 heavy (non-hydrogen) atoms. The number of benzene rings is 2. The van der Waals surface area contributed by atoms with Crippen LogP contribution in [0.3, 0.4) is 0 Å². The van der Waals surface area contributed by atoms with Crippen LogP contribution in [0.15, 0.2) is 60.0 Å². The number of ether oxygens (including phenoxy) is 1. The average molecular weight is 383 g/mol. The van der Waals surface area contributed by atoms with E-state index in [1.807, 2.05) is 24.3 Å². The number of anilines is 1. The van der Waals surface area contributed by atoms with Crippen LogP contribution in [0.4, 0.5) is 10.1 Å². The Labute approximate surface area is 162 Å². The van der Waals surface area contributed by atoms with Gasteiger partial charge in [0.2, 0.25) is 0 Å². The summed E-state index contributed by atoms with van der Waals surface area (Å²) in [7, 11) is 3.40. The molecule has 0 saturated carbocycles. The van der Waals surface area contributed by atoms with Crippen molar-refractivity contribution in [3.8, 4) is 22.6 Å². The molecule has 3 rings (SSSR count). The Morgan fingerprint density at radius 1 is 1.25 bits per heavy atom. The number of methoxy groups -OCH3 is 1. The minimum atomic E-state index is -0.407. The molecule has 1 atom stereocenters. The highest BCUT2D eigenvalue weighted by atomic mass is 19.1. The molecule has 0 fully saturated rings. The number of nitrogens with two attached hydrogens (primary N) is 1. The summed E-state index contributed by atoms with van der Waals surface area (Å²) in [5.41, 5.74) is 8.64. The van der Waals surface area contributed by atoms with Gasteiger partial charge < -0.3 is 15.4 Å². The fourth-order valence-corrected chi connectivity index (χ4v) is 2.92. The summed E-state index contributed by atoms with van der Waals surface area (Å²) in [5.74, 6) is 0.362. The van der Waals surface area contributed by atoms with E-state index in [0.717, 1.165) is 16.9 Å². The zero-order chi connectivity index (χ0) is 20.1. The van der Waals surface area contributed by atoms with Crippen LogP contribution >= 0.6 is 0 Å². The van der Waals surface area contributed by atoms with Crippen LogP contribution < -0.4 is 15.4 Å². The lowest BCUT2D eigenvalue weighted by Crippen LogP contribution is -2.37. The minimum Gasteiger partial charge on any atom is -0.497 e. The number of likely N-dealkylation sites (N-methyl/N-ethyl adjacent to an activating group) is 1. The monoisotopic (exact) mass is 383 g/mol. The number of halogens is 1. The first-order valence-corrected chi connectivity index (χ1v) is 8.76. The van der Waals surface area contributed by atoms with E-state index in [1.54, 1.807) is 43.6 Å². The molecule has 0 aliphatic rings. The highest BCUT2D eigenvalue weighted by Crippen LogP contribution is 2.25. The standard InChI is InChI=1S/C20H22FN5O2/c1-25(13-16(22)11-24-27)17-5-8-20(19(21)9-17)26-12-15(10-23-26)14-3-6-18(28-2)7-4-14/h3-10,12,16H,11,13,22H2,1-2H3. The van der Waals surface area contributed by atoms with Crippen LogP contribution in [-0.2, 0) is 0 Å². The van der Waals surface area contributed by atoms with Crippen molar-refractivity contribution in [2.24, 2.45) is 10.9 Å². The van der Waals surface area contributed by atoms with Gasteiger partial charge in [-0.2, -0.15) is 10.0 Å². The third kappa shape index (κ3) is 4.34. The lowest BCUT2D eigenvalue weighted by molar-refractivity contribution is 0.415. The third-order valence-electron chi connectivity index (χ3n) is 4.44. The second-order valence-corrected chi connectivity index (χ2v) is 6.49. The van der Waals surface area contributed by atoms with E-state index in [2.05, 4.69) is 10.3 Å². The Bertz CT molecular complexity index is 942.